The highest BCUT2D eigenvalue weighted by molar-refractivity contribution is 8.00. The average Bonchev–Trinajstić information content (AvgIpc) is 2.29. The number of hydrogen-bond acceptors (Lipinski definition) is 3. The zero-order valence-electron chi connectivity index (χ0n) is 12.0. The Hall–Kier alpha value is -0.880. The van der Waals surface area contributed by atoms with Crippen LogP contribution < -0.4 is 5.32 Å². The highest BCUT2D eigenvalue weighted by Gasteiger charge is 2.29. The molecule has 0 aromatic heterocycles. The summed E-state index contributed by atoms with van der Waals surface area (Å²) < 4.78 is 42.0. The van der Waals surface area contributed by atoms with Crippen molar-refractivity contribution < 1.29 is 17.9 Å². The molecule has 0 saturated heterocycles. The van der Waals surface area contributed by atoms with E-state index < -0.39 is 5.51 Å². The molecule has 0 aliphatic rings. The predicted octanol–water partition coefficient (Wildman–Crippen LogP) is 4.91. The molecule has 1 rings (SSSR count). The molecular formula is C14H20F3NOS. The normalized spacial score (nSPS) is 14.2. The minimum atomic E-state index is -4.25. The monoisotopic (exact) mass is 307 g/mol. The van der Waals surface area contributed by atoms with Gasteiger partial charge in [-0.15, -0.1) is 0 Å². The Kier molecular flexibility index (Phi) is 5.77. The third kappa shape index (κ3) is 6.52. The number of nitrogens with one attached hydrogen (secondary N) is 1. The van der Waals surface area contributed by atoms with Crippen molar-refractivity contribution in [3.63, 3.8) is 0 Å². The quantitative estimate of drug-likeness (QED) is 0.754. The van der Waals surface area contributed by atoms with Gasteiger partial charge in [0.2, 0.25) is 0 Å². The molecule has 0 heterocycles. The van der Waals surface area contributed by atoms with Gasteiger partial charge in [-0.25, -0.2) is 0 Å². The van der Waals surface area contributed by atoms with Gasteiger partial charge < -0.3 is 10.1 Å². The van der Waals surface area contributed by atoms with Crippen LogP contribution in [0.5, 0.6) is 0 Å². The van der Waals surface area contributed by atoms with E-state index >= 15 is 0 Å². The van der Waals surface area contributed by atoms with Gasteiger partial charge in [0.25, 0.3) is 0 Å². The first kappa shape index (κ1) is 17.2. The van der Waals surface area contributed by atoms with Gasteiger partial charge in [0.15, 0.2) is 0 Å². The lowest BCUT2D eigenvalue weighted by Crippen LogP contribution is -2.31. The van der Waals surface area contributed by atoms with Crippen LogP contribution in [0.15, 0.2) is 29.2 Å². The average molecular weight is 307 g/mol. The minimum Gasteiger partial charge on any atom is -0.382 e. The lowest BCUT2D eigenvalue weighted by Gasteiger charge is -2.27. The lowest BCUT2D eigenvalue weighted by atomic mass is 10.00. The first-order valence-electron chi connectivity index (χ1n) is 6.29. The molecule has 0 aliphatic carbocycles. The predicted molar refractivity (Wildman–Crippen MR) is 77.1 cm³/mol. The van der Waals surface area contributed by atoms with E-state index in [0.29, 0.717) is 0 Å². The van der Waals surface area contributed by atoms with Crippen molar-refractivity contribution in [2.24, 2.45) is 0 Å². The van der Waals surface area contributed by atoms with Crippen LogP contribution in [-0.4, -0.2) is 24.3 Å². The molecule has 0 bridgehead atoms. The van der Waals surface area contributed by atoms with Gasteiger partial charge in [0, 0.05) is 23.7 Å². The molecule has 20 heavy (non-hydrogen) atoms. The van der Waals surface area contributed by atoms with Crippen LogP contribution in [0.2, 0.25) is 0 Å². The van der Waals surface area contributed by atoms with E-state index in [4.69, 9.17) is 4.74 Å². The standard InChI is InChI=1S/C14H20F3NOS/c1-10(9-13(2,3)19-4)18-11-5-7-12(8-6-11)20-14(15,16)17/h5-8,10,18H,9H2,1-4H3. The topological polar surface area (TPSA) is 21.3 Å². The molecule has 0 amide bonds. The highest BCUT2D eigenvalue weighted by atomic mass is 32.2. The van der Waals surface area contributed by atoms with Crippen LogP contribution in [0.4, 0.5) is 18.9 Å². The summed E-state index contributed by atoms with van der Waals surface area (Å²) >= 11 is -0.106. The van der Waals surface area contributed by atoms with E-state index in [-0.39, 0.29) is 28.3 Å². The van der Waals surface area contributed by atoms with E-state index in [1.165, 1.54) is 12.1 Å². The first-order chi connectivity index (χ1) is 9.11. The fraction of sp³-hybridized carbons (Fsp3) is 0.571. The second kappa shape index (κ2) is 6.72. The summed E-state index contributed by atoms with van der Waals surface area (Å²) in [6.07, 6.45) is 0.794. The molecule has 0 fully saturated rings. The summed E-state index contributed by atoms with van der Waals surface area (Å²) in [6.45, 7) is 6.00. The molecular weight excluding hydrogens is 287 g/mol. The van der Waals surface area contributed by atoms with Gasteiger partial charge in [-0.3, -0.25) is 0 Å². The van der Waals surface area contributed by atoms with Crippen molar-refractivity contribution in [3.8, 4) is 0 Å². The van der Waals surface area contributed by atoms with Gasteiger partial charge in [0.1, 0.15) is 0 Å². The molecule has 1 atom stereocenters. The molecule has 1 N–H and O–H groups in total. The number of methoxy groups -OCH3 is 1. The maximum atomic E-state index is 12.2. The number of hydrogen-bond donors (Lipinski definition) is 1. The highest BCUT2D eigenvalue weighted by Crippen LogP contribution is 2.37. The minimum absolute atomic E-state index is 0.106. The number of ether oxygens (including phenoxy) is 1. The van der Waals surface area contributed by atoms with Gasteiger partial charge >= 0.3 is 5.51 Å². The Morgan fingerprint density at radius 2 is 1.75 bits per heavy atom. The molecule has 114 valence electrons. The fourth-order valence-electron chi connectivity index (χ4n) is 1.91. The second-order valence-corrected chi connectivity index (χ2v) is 6.42. The molecule has 1 unspecified atom stereocenters. The summed E-state index contributed by atoms with van der Waals surface area (Å²) in [4.78, 5) is 0.188. The fourth-order valence-corrected chi connectivity index (χ4v) is 2.45. The van der Waals surface area contributed by atoms with E-state index in [0.717, 1.165) is 12.1 Å². The number of alkyl halides is 3. The van der Waals surface area contributed by atoms with Crippen molar-refractivity contribution in [1.29, 1.82) is 0 Å². The Morgan fingerprint density at radius 3 is 2.20 bits per heavy atom. The smallest absolute Gasteiger partial charge is 0.382 e. The van der Waals surface area contributed by atoms with Crippen LogP contribution in [0.1, 0.15) is 27.2 Å². The van der Waals surface area contributed by atoms with E-state index in [1.807, 2.05) is 20.8 Å². The maximum absolute atomic E-state index is 12.2. The third-order valence-corrected chi connectivity index (χ3v) is 3.59. The Morgan fingerprint density at radius 1 is 1.20 bits per heavy atom. The summed E-state index contributed by atoms with van der Waals surface area (Å²) in [5.41, 5.74) is -3.68. The van der Waals surface area contributed by atoms with Crippen molar-refractivity contribution in [1.82, 2.24) is 0 Å². The number of halogens is 3. The van der Waals surface area contributed by atoms with Crippen molar-refractivity contribution in [3.05, 3.63) is 24.3 Å². The molecule has 1 aromatic carbocycles. The van der Waals surface area contributed by atoms with Crippen LogP contribution >= 0.6 is 11.8 Å². The van der Waals surface area contributed by atoms with Crippen molar-refractivity contribution >= 4 is 17.4 Å². The number of anilines is 1. The first-order valence-corrected chi connectivity index (χ1v) is 7.10. The molecule has 0 radical (unpaired) electrons. The lowest BCUT2D eigenvalue weighted by molar-refractivity contribution is -0.0328. The van der Waals surface area contributed by atoms with Gasteiger partial charge in [-0.1, -0.05) is 0 Å². The van der Waals surface area contributed by atoms with Crippen LogP contribution in [0, 0.1) is 0 Å². The van der Waals surface area contributed by atoms with Crippen LogP contribution in [0.3, 0.4) is 0 Å². The summed E-state index contributed by atoms with van der Waals surface area (Å²) in [5, 5.41) is 3.25. The molecule has 0 saturated carbocycles. The number of thioether (sulfide) groups is 1. The second-order valence-electron chi connectivity index (χ2n) is 5.29. The summed E-state index contributed by atoms with van der Waals surface area (Å²) in [5.74, 6) is 0. The summed E-state index contributed by atoms with van der Waals surface area (Å²) in [7, 11) is 1.66. The Labute approximate surface area is 122 Å². The van der Waals surface area contributed by atoms with Crippen molar-refractivity contribution in [2.45, 2.75) is 49.2 Å². The third-order valence-electron chi connectivity index (χ3n) is 2.85. The molecule has 2 nitrogen and oxygen atoms in total. The van der Waals surface area contributed by atoms with E-state index in [9.17, 15) is 13.2 Å². The SMILES string of the molecule is COC(C)(C)CC(C)Nc1ccc(SC(F)(F)F)cc1. The zero-order valence-corrected chi connectivity index (χ0v) is 12.9. The van der Waals surface area contributed by atoms with Crippen molar-refractivity contribution in [2.75, 3.05) is 12.4 Å². The zero-order chi connectivity index (χ0) is 15.4. The number of benzene rings is 1. The molecule has 6 heteroatoms. The molecule has 0 spiro atoms. The van der Waals surface area contributed by atoms with E-state index in [2.05, 4.69) is 5.32 Å². The van der Waals surface area contributed by atoms with Gasteiger partial charge in [-0.05, 0) is 63.2 Å². The molecule has 0 aliphatic heterocycles. The molecule has 1 aromatic rings. The summed E-state index contributed by atoms with van der Waals surface area (Å²) in [6, 6.07) is 6.41. The number of rotatable bonds is 6. The van der Waals surface area contributed by atoms with Crippen LogP contribution in [-0.2, 0) is 4.74 Å². The Balaban J connectivity index is 2.57. The van der Waals surface area contributed by atoms with E-state index in [1.54, 1.807) is 19.2 Å². The largest absolute Gasteiger partial charge is 0.446 e. The van der Waals surface area contributed by atoms with Crippen LogP contribution in [0.25, 0.3) is 0 Å². The van der Waals surface area contributed by atoms with Gasteiger partial charge in [0.05, 0.1) is 5.60 Å². The Bertz CT molecular complexity index is 417. The maximum Gasteiger partial charge on any atom is 0.446 e. The van der Waals surface area contributed by atoms with Gasteiger partial charge in [-0.2, -0.15) is 13.2 Å².